The van der Waals surface area contributed by atoms with Crippen molar-refractivity contribution >= 4 is 15.9 Å². The number of aryl methyl sites for hydroxylation is 2. The lowest BCUT2D eigenvalue weighted by Gasteiger charge is -2.27. The summed E-state index contributed by atoms with van der Waals surface area (Å²) in [5.41, 5.74) is 2.51. The summed E-state index contributed by atoms with van der Waals surface area (Å²) < 4.78 is 2.03. The molecule has 0 aliphatic heterocycles. The second-order valence-electron chi connectivity index (χ2n) is 4.67. The number of nitrogens with zero attached hydrogens (tertiary/aromatic N) is 2. The fourth-order valence-corrected chi connectivity index (χ4v) is 3.29. The molecule has 2 nitrogen and oxygen atoms in total. The van der Waals surface area contributed by atoms with Gasteiger partial charge in [-0.25, -0.2) is 0 Å². The molecule has 1 saturated carbocycles. The van der Waals surface area contributed by atoms with Gasteiger partial charge in [0.1, 0.15) is 0 Å². The molecule has 1 aromatic heterocycles. The molecular formula is C12H19BrN2. The number of hydrogen-bond donors (Lipinski definition) is 0. The van der Waals surface area contributed by atoms with E-state index in [1.807, 2.05) is 11.7 Å². The molecule has 0 spiro atoms. The van der Waals surface area contributed by atoms with Gasteiger partial charge in [0.2, 0.25) is 0 Å². The highest BCUT2D eigenvalue weighted by Gasteiger charge is 2.23. The van der Waals surface area contributed by atoms with E-state index in [2.05, 4.69) is 34.0 Å². The maximum atomic E-state index is 4.40. The van der Waals surface area contributed by atoms with Crippen LogP contribution in [0.4, 0.5) is 0 Å². The van der Waals surface area contributed by atoms with E-state index in [4.69, 9.17) is 0 Å². The fraction of sp³-hybridized carbons (Fsp3) is 0.750. The summed E-state index contributed by atoms with van der Waals surface area (Å²) in [7, 11) is 2.05. The maximum absolute atomic E-state index is 4.40. The van der Waals surface area contributed by atoms with Crippen molar-refractivity contribution in [1.82, 2.24) is 9.78 Å². The van der Waals surface area contributed by atoms with Crippen LogP contribution < -0.4 is 0 Å². The van der Waals surface area contributed by atoms with Crippen LogP contribution in [0.25, 0.3) is 0 Å². The van der Waals surface area contributed by atoms with Crippen LogP contribution in [0.2, 0.25) is 0 Å². The number of alkyl halides is 1. The van der Waals surface area contributed by atoms with E-state index in [1.54, 1.807) is 0 Å². The molecule has 2 rings (SSSR count). The summed E-state index contributed by atoms with van der Waals surface area (Å²) in [6.45, 7) is 2.07. The standard InChI is InChI=1S/C12H19BrN2/c1-9-7-11(15(2)14-9)8-10-5-3-4-6-12(10)13/h7,10,12H,3-6,8H2,1-2H3. The second-order valence-corrected chi connectivity index (χ2v) is 5.84. The third-order valence-corrected chi connectivity index (χ3v) is 4.59. The molecule has 1 aliphatic carbocycles. The molecule has 1 aliphatic rings. The van der Waals surface area contributed by atoms with E-state index < -0.39 is 0 Å². The highest BCUT2D eigenvalue weighted by Crippen LogP contribution is 2.32. The number of halogens is 1. The molecule has 0 radical (unpaired) electrons. The third-order valence-electron chi connectivity index (χ3n) is 3.39. The van der Waals surface area contributed by atoms with Gasteiger partial charge in [0.25, 0.3) is 0 Å². The molecule has 1 heterocycles. The highest BCUT2D eigenvalue weighted by molar-refractivity contribution is 9.09. The molecule has 1 fully saturated rings. The third kappa shape index (κ3) is 2.63. The molecule has 0 bridgehead atoms. The van der Waals surface area contributed by atoms with E-state index in [9.17, 15) is 0 Å². The molecule has 0 N–H and O–H groups in total. The molecule has 2 unspecified atom stereocenters. The zero-order chi connectivity index (χ0) is 10.8. The van der Waals surface area contributed by atoms with E-state index in [0.29, 0.717) is 4.83 Å². The molecular weight excluding hydrogens is 252 g/mol. The first-order chi connectivity index (χ1) is 7.16. The minimum absolute atomic E-state index is 0.710. The highest BCUT2D eigenvalue weighted by atomic mass is 79.9. The van der Waals surface area contributed by atoms with Gasteiger partial charge in [-0.15, -0.1) is 0 Å². The zero-order valence-electron chi connectivity index (χ0n) is 9.54. The lowest BCUT2D eigenvalue weighted by atomic mass is 9.86. The van der Waals surface area contributed by atoms with Gasteiger partial charge in [-0.05, 0) is 38.2 Å². The molecule has 84 valence electrons. The topological polar surface area (TPSA) is 17.8 Å². The van der Waals surface area contributed by atoms with Crippen molar-refractivity contribution in [3.63, 3.8) is 0 Å². The number of rotatable bonds is 2. The number of aromatic nitrogens is 2. The molecule has 0 amide bonds. The Morgan fingerprint density at radius 1 is 1.47 bits per heavy atom. The summed E-state index contributed by atoms with van der Waals surface area (Å²) >= 11 is 3.81. The van der Waals surface area contributed by atoms with Crippen LogP contribution in [0.1, 0.15) is 37.1 Å². The average Bonchev–Trinajstić information content (AvgIpc) is 2.49. The first kappa shape index (κ1) is 11.2. The van der Waals surface area contributed by atoms with Gasteiger partial charge in [-0.2, -0.15) is 5.10 Å². The Hall–Kier alpha value is -0.310. The predicted molar refractivity (Wildman–Crippen MR) is 66.3 cm³/mol. The van der Waals surface area contributed by atoms with Crippen LogP contribution in [-0.4, -0.2) is 14.6 Å². The Morgan fingerprint density at radius 2 is 2.20 bits per heavy atom. The van der Waals surface area contributed by atoms with Crippen molar-refractivity contribution in [3.8, 4) is 0 Å². The van der Waals surface area contributed by atoms with Gasteiger partial charge in [0, 0.05) is 17.6 Å². The van der Waals surface area contributed by atoms with Gasteiger partial charge in [0.05, 0.1) is 5.69 Å². The van der Waals surface area contributed by atoms with Gasteiger partial charge in [-0.1, -0.05) is 28.8 Å². The second kappa shape index (κ2) is 4.69. The Labute approximate surface area is 100 Å². The van der Waals surface area contributed by atoms with Crippen LogP contribution in [0.3, 0.4) is 0 Å². The van der Waals surface area contributed by atoms with Gasteiger partial charge >= 0.3 is 0 Å². The molecule has 1 aromatic rings. The minimum Gasteiger partial charge on any atom is -0.272 e. The summed E-state index contributed by atoms with van der Waals surface area (Å²) in [4.78, 5) is 0.710. The molecule has 0 saturated heterocycles. The minimum atomic E-state index is 0.710. The summed E-state index contributed by atoms with van der Waals surface area (Å²) in [6, 6.07) is 2.22. The molecule has 3 heteroatoms. The summed E-state index contributed by atoms with van der Waals surface area (Å²) in [6.07, 6.45) is 6.65. The fourth-order valence-electron chi connectivity index (χ4n) is 2.52. The normalized spacial score (nSPS) is 26.9. The van der Waals surface area contributed by atoms with E-state index in [1.165, 1.54) is 37.8 Å². The van der Waals surface area contributed by atoms with Crippen LogP contribution in [0, 0.1) is 12.8 Å². The molecule has 0 aromatic carbocycles. The predicted octanol–water partition coefficient (Wildman–Crippen LogP) is 3.22. The van der Waals surface area contributed by atoms with E-state index in [0.717, 1.165) is 11.6 Å². The molecule has 2 atom stereocenters. The van der Waals surface area contributed by atoms with E-state index in [-0.39, 0.29) is 0 Å². The first-order valence-electron chi connectivity index (χ1n) is 5.80. The Balaban J connectivity index is 2.04. The van der Waals surface area contributed by atoms with Gasteiger partial charge in [-0.3, -0.25) is 4.68 Å². The van der Waals surface area contributed by atoms with Gasteiger partial charge in [0.15, 0.2) is 0 Å². The van der Waals surface area contributed by atoms with Crippen LogP contribution in [-0.2, 0) is 13.5 Å². The van der Waals surface area contributed by atoms with Crippen molar-refractivity contribution < 1.29 is 0 Å². The SMILES string of the molecule is Cc1cc(CC2CCCCC2Br)n(C)n1. The maximum Gasteiger partial charge on any atom is 0.0596 e. The lowest BCUT2D eigenvalue weighted by Crippen LogP contribution is -2.22. The van der Waals surface area contributed by atoms with Crippen molar-refractivity contribution in [3.05, 3.63) is 17.5 Å². The quantitative estimate of drug-likeness (QED) is 0.755. The summed E-state index contributed by atoms with van der Waals surface area (Å²) in [5.74, 6) is 0.800. The Bertz CT molecular complexity index is 332. The van der Waals surface area contributed by atoms with E-state index >= 15 is 0 Å². The smallest absolute Gasteiger partial charge is 0.0596 e. The Morgan fingerprint density at radius 3 is 2.80 bits per heavy atom. The van der Waals surface area contributed by atoms with Gasteiger partial charge < -0.3 is 0 Å². The monoisotopic (exact) mass is 270 g/mol. The van der Waals surface area contributed by atoms with Crippen molar-refractivity contribution in [2.24, 2.45) is 13.0 Å². The average molecular weight is 271 g/mol. The van der Waals surface area contributed by atoms with Crippen LogP contribution in [0.15, 0.2) is 6.07 Å². The van der Waals surface area contributed by atoms with Crippen LogP contribution >= 0.6 is 15.9 Å². The summed E-state index contributed by atoms with van der Waals surface area (Å²) in [5, 5.41) is 4.40. The van der Waals surface area contributed by atoms with Crippen molar-refractivity contribution in [1.29, 1.82) is 0 Å². The lowest BCUT2D eigenvalue weighted by molar-refractivity contribution is 0.367. The van der Waals surface area contributed by atoms with Crippen molar-refractivity contribution in [2.45, 2.75) is 43.9 Å². The molecule has 15 heavy (non-hydrogen) atoms. The largest absolute Gasteiger partial charge is 0.272 e. The zero-order valence-corrected chi connectivity index (χ0v) is 11.1. The number of hydrogen-bond acceptors (Lipinski definition) is 1. The van der Waals surface area contributed by atoms with Crippen LogP contribution in [0.5, 0.6) is 0 Å². The van der Waals surface area contributed by atoms with Crippen molar-refractivity contribution in [2.75, 3.05) is 0 Å². The Kier molecular flexibility index (Phi) is 3.49. The first-order valence-corrected chi connectivity index (χ1v) is 6.72.